The Kier molecular flexibility index (Phi) is 4.75. The van der Waals surface area contributed by atoms with Crippen molar-refractivity contribution in [2.75, 3.05) is 23.8 Å². The van der Waals surface area contributed by atoms with Crippen molar-refractivity contribution in [3.63, 3.8) is 0 Å². The number of thiophene rings is 1. The number of rotatable bonds is 5. The molecule has 0 aliphatic heterocycles. The normalized spacial score (nSPS) is 11.7. The molecule has 0 aliphatic rings. The molecular formula is C13H15ClN2O3S2. The van der Waals surface area contributed by atoms with Gasteiger partial charge in [-0.05, 0) is 18.2 Å². The summed E-state index contributed by atoms with van der Waals surface area (Å²) in [5.41, 5.74) is 6.33. The van der Waals surface area contributed by atoms with Gasteiger partial charge in [0.25, 0.3) is 5.91 Å². The van der Waals surface area contributed by atoms with E-state index in [1.807, 2.05) is 0 Å². The molecule has 8 heteroatoms. The van der Waals surface area contributed by atoms with E-state index in [2.05, 4.69) is 5.32 Å². The smallest absolute Gasteiger partial charge is 0.263 e. The summed E-state index contributed by atoms with van der Waals surface area (Å²) >= 11 is 7.17. The Bertz CT molecular complexity index is 784. The van der Waals surface area contributed by atoms with Crippen LogP contribution < -0.4 is 11.1 Å². The molecule has 0 saturated carbocycles. The van der Waals surface area contributed by atoms with Gasteiger partial charge < -0.3 is 11.1 Å². The molecule has 2 rings (SSSR count). The van der Waals surface area contributed by atoms with Crippen molar-refractivity contribution < 1.29 is 13.2 Å². The standard InChI is InChI=1S/C13H15ClN2O3S2/c1-2-21(18,19)6-5-16-13(17)12-11(15)9-7-8(14)3-4-10(9)20-12/h3-4,7H,2,5-6,15H2,1H3,(H,16,17). The summed E-state index contributed by atoms with van der Waals surface area (Å²) < 4.78 is 23.6. The number of benzene rings is 1. The van der Waals surface area contributed by atoms with Crippen molar-refractivity contribution in [1.29, 1.82) is 0 Å². The monoisotopic (exact) mass is 346 g/mol. The zero-order valence-corrected chi connectivity index (χ0v) is 13.7. The van der Waals surface area contributed by atoms with E-state index in [0.29, 0.717) is 15.6 Å². The number of sulfone groups is 1. The lowest BCUT2D eigenvalue weighted by atomic mass is 10.2. The average Bonchev–Trinajstić information content (AvgIpc) is 2.76. The third-order valence-corrected chi connectivity index (χ3v) is 6.16. The summed E-state index contributed by atoms with van der Waals surface area (Å²) in [7, 11) is -3.10. The molecule has 1 aromatic carbocycles. The lowest BCUT2D eigenvalue weighted by molar-refractivity contribution is 0.0961. The van der Waals surface area contributed by atoms with Crippen LogP contribution in [0.3, 0.4) is 0 Å². The molecule has 1 aromatic heterocycles. The zero-order valence-electron chi connectivity index (χ0n) is 11.3. The number of nitrogen functional groups attached to an aromatic ring is 1. The molecule has 0 atom stereocenters. The molecule has 0 radical (unpaired) electrons. The van der Waals surface area contributed by atoms with Crippen LogP contribution in [-0.4, -0.2) is 32.4 Å². The van der Waals surface area contributed by atoms with Crippen molar-refractivity contribution in [1.82, 2.24) is 5.32 Å². The van der Waals surface area contributed by atoms with Gasteiger partial charge in [0.05, 0.1) is 11.4 Å². The highest BCUT2D eigenvalue weighted by Crippen LogP contribution is 2.35. The van der Waals surface area contributed by atoms with Gasteiger partial charge in [-0.25, -0.2) is 8.42 Å². The minimum atomic E-state index is -3.10. The topological polar surface area (TPSA) is 89.3 Å². The number of amides is 1. The second kappa shape index (κ2) is 6.21. The Hall–Kier alpha value is -1.31. The number of nitrogens with one attached hydrogen (secondary N) is 1. The quantitative estimate of drug-likeness (QED) is 0.869. The summed E-state index contributed by atoms with van der Waals surface area (Å²) in [5, 5.41) is 3.87. The van der Waals surface area contributed by atoms with E-state index < -0.39 is 9.84 Å². The zero-order chi connectivity index (χ0) is 15.6. The van der Waals surface area contributed by atoms with Crippen LogP contribution >= 0.6 is 22.9 Å². The van der Waals surface area contributed by atoms with Gasteiger partial charge in [-0.2, -0.15) is 0 Å². The molecular weight excluding hydrogens is 332 g/mol. The second-order valence-corrected chi connectivity index (χ2v) is 8.44. The van der Waals surface area contributed by atoms with Gasteiger partial charge in [-0.1, -0.05) is 18.5 Å². The summed E-state index contributed by atoms with van der Waals surface area (Å²) in [5.74, 6) is -0.380. The number of anilines is 1. The minimum absolute atomic E-state index is 0.0619. The van der Waals surface area contributed by atoms with Gasteiger partial charge in [0.1, 0.15) is 4.88 Å². The third kappa shape index (κ3) is 3.66. The van der Waals surface area contributed by atoms with Crippen LogP contribution in [0.2, 0.25) is 5.02 Å². The number of carbonyl (C=O) groups is 1. The SMILES string of the molecule is CCS(=O)(=O)CCNC(=O)c1sc2ccc(Cl)cc2c1N. The van der Waals surface area contributed by atoms with Crippen LogP contribution in [0, 0.1) is 0 Å². The first-order chi connectivity index (χ1) is 9.84. The van der Waals surface area contributed by atoms with Crippen LogP contribution in [0.5, 0.6) is 0 Å². The van der Waals surface area contributed by atoms with Crippen LogP contribution in [0.25, 0.3) is 10.1 Å². The largest absolute Gasteiger partial charge is 0.397 e. The number of nitrogens with two attached hydrogens (primary N) is 1. The van der Waals surface area contributed by atoms with E-state index in [9.17, 15) is 13.2 Å². The first kappa shape index (κ1) is 16.1. The predicted molar refractivity (Wildman–Crippen MR) is 87.9 cm³/mol. The van der Waals surface area contributed by atoms with Gasteiger partial charge in [-0.15, -0.1) is 11.3 Å². The highest BCUT2D eigenvalue weighted by Gasteiger charge is 2.17. The molecule has 0 aliphatic carbocycles. The highest BCUT2D eigenvalue weighted by atomic mass is 35.5. The molecule has 0 bridgehead atoms. The van der Waals surface area contributed by atoms with Gasteiger partial charge >= 0.3 is 0 Å². The third-order valence-electron chi connectivity index (χ3n) is 3.03. The summed E-state index contributed by atoms with van der Waals surface area (Å²) in [6.07, 6.45) is 0. The molecule has 3 N–H and O–H groups in total. The molecule has 1 heterocycles. The number of fused-ring (bicyclic) bond motifs is 1. The van der Waals surface area contributed by atoms with Crippen molar-refractivity contribution in [2.45, 2.75) is 6.92 Å². The Morgan fingerprint density at radius 3 is 2.81 bits per heavy atom. The van der Waals surface area contributed by atoms with Gasteiger partial charge in [-0.3, -0.25) is 4.79 Å². The molecule has 0 unspecified atom stereocenters. The Balaban J connectivity index is 2.15. The number of hydrogen-bond acceptors (Lipinski definition) is 5. The maximum Gasteiger partial charge on any atom is 0.263 e. The molecule has 0 saturated heterocycles. The fourth-order valence-corrected chi connectivity index (χ4v) is 3.70. The molecule has 2 aromatic rings. The number of halogens is 1. The van der Waals surface area contributed by atoms with E-state index >= 15 is 0 Å². The summed E-state index contributed by atoms with van der Waals surface area (Å²) in [6, 6.07) is 5.24. The van der Waals surface area contributed by atoms with E-state index in [4.69, 9.17) is 17.3 Å². The molecule has 0 fully saturated rings. The minimum Gasteiger partial charge on any atom is -0.397 e. The van der Waals surface area contributed by atoms with Gasteiger partial charge in [0.15, 0.2) is 9.84 Å². The predicted octanol–water partition coefficient (Wildman–Crippen LogP) is 2.30. The van der Waals surface area contributed by atoms with Gasteiger partial charge in [0, 0.05) is 27.4 Å². The average molecular weight is 347 g/mol. The summed E-state index contributed by atoms with van der Waals surface area (Å²) in [4.78, 5) is 12.5. The molecule has 1 amide bonds. The van der Waals surface area contributed by atoms with Crippen molar-refractivity contribution in [2.24, 2.45) is 0 Å². The van der Waals surface area contributed by atoms with Crippen LogP contribution in [0.1, 0.15) is 16.6 Å². The lowest BCUT2D eigenvalue weighted by Crippen LogP contribution is -2.29. The van der Waals surface area contributed by atoms with E-state index in [0.717, 1.165) is 10.1 Å². The summed E-state index contributed by atoms with van der Waals surface area (Å²) in [6.45, 7) is 1.65. The van der Waals surface area contributed by atoms with Crippen LogP contribution in [0.15, 0.2) is 18.2 Å². The molecule has 21 heavy (non-hydrogen) atoms. The van der Waals surface area contributed by atoms with E-state index in [1.165, 1.54) is 11.3 Å². The van der Waals surface area contributed by atoms with E-state index in [1.54, 1.807) is 25.1 Å². The first-order valence-corrected chi connectivity index (χ1v) is 9.32. The molecule has 5 nitrogen and oxygen atoms in total. The van der Waals surface area contributed by atoms with Crippen molar-refractivity contribution >= 4 is 54.5 Å². The fourth-order valence-electron chi connectivity index (χ4n) is 1.80. The Morgan fingerprint density at radius 2 is 2.14 bits per heavy atom. The van der Waals surface area contributed by atoms with Crippen LogP contribution in [0.4, 0.5) is 5.69 Å². The first-order valence-electron chi connectivity index (χ1n) is 6.30. The van der Waals surface area contributed by atoms with Gasteiger partial charge in [0.2, 0.25) is 0 Å². The maximum atomic E-state index is 12.1. The molecule has 0 spiro atoms. The fraction of sp³-hybridized carbons (Fsp3) is 0.308. The highest BCUT2D eigenvalue weighted by molar-refractivity contribution is 7.91. The van der Waals surface area contributed by atoms with Crippen molar-refractivity contribution in [3.05, 3.63) is 28.1 Å². The Morgan fingerprint density at radius 1 is 1.43 bits per heavy atom. The van der Waals surface area contributed by atoms with Crippen LogP contribution in [-0.2, 0) is 9.84 Å². The second-order valence-electron chi connectivity index (χ2n) is 4.48. The number of carbonyl (C=O) groups excluding carboxylic acids is 1. The van der Waals surface area contributed by atoms with E-state index in [-0.39, 0.29) is 24.0 Å². The molecule has 114 valence electrons. The maximum absolute atomic E-state index is 12.1. The lowest BCUT2D eigenvalue weighted by Gasteiger charge is -2.04. The Labute approximate surface area is 132 Å². The number of hydrogen-bond donors (Lipinski definition) is 2. The van der Waals surface area contributed by atoms with Crippen molar-refractivity contribution in [3.8, 4) is 0 Å².